The van der Waals surface area contributed by atoms with Crippen molar-refractivity contribution < 1.29 is 4.48 Å². The first-order chi connectivity index (χ1) is 4.91. The molecule has 0 N–H and O–H groups in total. The van der Waals surface area contributed by atoms with E-state index < -0.39 is 0 Å². The minimum absolute atomic E-state index is 1.32. The summed E-state index contributed by atoms with van der Waals surface area (Å²) < 4.78 is 1.39. The Morgan fingerprint density at radius 1 is 0.800 bits per heavy atom. The van der Waals surface area contributed by atoms with Crippen LogP contribution in [-0.2, 0) is 0 Å². The smallest absolute Gasteiger partial charge is 0.0978 e. The summed E-state index contributed by atoms with van der Waals surface area (Å²) in [5, 5.41) is 0. The van der Waals surface area contributed by atoms with Crippen molar-refractivity contribution in [2.75, 3.05) is 26.2 Å². The van der Waals surface area contributed by atoms with E-state index >= 15 is 0 Å². The van der Waals surface area contributed by atoms with Crippen molar-refractivity contribution >= 4 is 0 Å². The van der Waals surface area contributed by atoms with Crippen LogP contribution in [0.2, 0.25) is 0 Å². The summed E-state index contributed by atoms with van der Waals surface area (Å²) in [6.45, 7) is 5.51. The third kappa shape index (κ3) is 0.988. The first-order valence-electron chi connectivity index (χ1n) is 4.41. The molecule has 2 aliphatic heterocycles. The van der Waals surface area contributed by atoms with Crippen LogP contribution >= 0.6 is 0 Å². The van der Waals surface area contributed by atoms with Gasteiger partial charge in [0, 0.05) is 0 Å². The van der Waals surface area contributed by atoms with Crippen molar-refractivity contribution in [1.82, 2.24) is 0 Å². The maximum atomic E-state index is 2.35. The molecule has 0 saturated carbocycles. The fourth-order valence-electron chi connectivity index (χ4n) is 2.22. The Bertz CT molecular complexity index is 133. The van der Waals surface area contributed by atoms with Crippen molar-refractivity contribution in [1.29, 1.82) is 0 Å². The highest BCUT2D eigenvalue weighted by Gasteiger charge is 2.29. The Kier molecular flexibility index (Phi) is 1.53. The van der Waals surface area contributed by atoms with Crippen molar-refractivity contribution in [3.63, 3.8) is 0 Å². The number of quaternary nitrogens is 1. The van der Waals surface area contributed by atoms with Crippen LogP contribution in [0.5, 0.6) is 0 Å². The van der Waals surface area contributed by atoms with Crippen molar-refractivity contribution in [2.45, 2.75) is 19.3 Å². The molecule has 10 heavy (non-hydrogen) atoms. The van der Waals surface area contributed by atoms with Gasteiger partial charge in [-0.25, -0.2) is 0 Å². The van der Waals surface area contributed by atoms with Gasteiger partial charge in [-0.2, -0.15) is 0 Å². The highest BCUT2D eigenvalue weighted by atomic mass is 15.4. The van der Waals surface area contributed by atoms with Crippen molar-refractivity contribution in [3.05, 3.63) is 12.2 Å². The summed E-state index contributed by atoms with van der Waals surface area (Å²) >= 11 is 0. The monoisotopic (exact) mass is 138 g/mol. The molecule has 56 valence electrons. The molecule has 2 heterocycles. The molecule has 0 bridgehead atoms. The van der Waals surface area contributed by atoms with E-state index in [4.69, 9.17) is 0 Å². The molecule has 0 aromatic carbocycles. The maximum Gasteiger partial charge on any atom is 0.0978 e. The fraction of sp³-hybridized carbons (Fsp3) is 0.778. The number of hydrogen-bond acceptors (Lipinski definition) is 0. The zero-order valence-corrected chi connectivity index (χ0v) is 6.55. The molecule has 0 unspecified atom stereocenters. The Labute approximate surface area is 62.9 Å². The normalized spacial score (nSPS) is 29.6. The van der Waals surface area contributed by atoms with Gasteiger partial charge in [-0.15, -0.1) is 0 Å². The van der Waals surface area contributed by atoms with Crippen molar-refractivity contribution in [3.8, 4) is 0 Å². The lowest BCUT2D eigenvalue weighted by Crippen LogP contribution is -2.49. The third-order valence-corrected chi connectivity index (χ3v) is 2.92. The number of hydrogen-bond donors (Lipinski definition) is 0. The molecule has 1 saturated heterocycles. The van der Waals surface area contributed by atoms with E-state index in [-0.39, 0.29) is 0 Å². The Hall–Kier alpha value is -0.300. The van der Waals surface area contributed by atoms with Crippen LogP contribution in [0.15, 0.2) is 12.2 Å². The Morgan fingerprint density at radius 3 is 2.00 bits per heavy atom. The lowest BCUT2D eigenvalue weighted by atomic mass is 10.1. The van der Waals surface area contributed by atoms with Crippen LogP contribution in [-0.4, -0.2) is 30.7 Å². The zero-order valence-electron chi connectivity index (χ0n) is 6.55. The second kappa shape index (κ2) is 2.39. The molecule has 2 aliphatic rings. The van der Waals surface area contributed by atoms with E-state index in [0.717, 1.165) is 0 Å². The molecule has 2 rings (SSSR count). The van der Waals surface area contributed by atoms with Crippen LogP contribution in [0.4, 0.5) is 0 Å². The predicted molar refractivity (Wildman–Crippen MR) is 42.7 cm³/mol. The van der Waals surface area contributed by atoms with E-state index in [1.807, 2.05) is 0 Å². The first-order valence-corrected chi connectivity index (χ1v) is 4.41. The maximum absolute atomic E-state index is 2.35. The number of rotatable bonds is 0. The quantitative estimate of drug-likeness (QED) is 0.352. The average molecular weight is 138 g/mol. The topological polar surface area (TPSA) is 0 Å². The minimum Gasteiger partial charge on any atom is -0.317 e. The highest BCUT2D eigenvalue weighted by Crippen LogP contribution is 2.21. The molecular weight excluding hydrogens is 122 g/mol. The van der Waals surface area contributed by atoms with Gasteiger partial charge in [-0.1, -0.05) is 0 Å². The molecule has 1 spiro atoms. The molecule has 1 nitrogen and oxygen atoms in total. The van der Waals surface area contributed by atoms with E-state index in [0.29, 0.717) is 0 Å². The van der Waals surface area contributed by atoms with Gasteiger partial charge in [0.2, 0.25) is 0 Å². The predicted octanol–water partition coefficient (Wildman–Crippen LogP) is 1.56. The minimum atomic E-state index is 1.32. The molecule has 0 radical (unpaired) electrons. The van der Waals surface area contributed by atoms with E-state index in [1.54, 1.807) is 0 Å². The lowest BCUT2D eigenvalue weighted by molar-refractivity contribution is -0.917. The Balaban J connectivity index is 2.00. The van der Waals surface area contributed by atoms with Crippen LogP contribution in [0.3, 0.4) is 0 Å². The van der Waals surface area contributed by atoms with Crippen molar-refractivity contribution in [2.24, 2.45) is 0 Å². The molecule has 0 aliphatic carbocycles. The number of piperidine rings is 1. The van der Waals surface area contributed by atoms with E-state index in [1.165, 1.54) is 49.9 Å². The molecule has 0 atom stereocenters. The summed E-state index contributed by atoms with van der Waals surface area (Å²) in [7, 11) is 0. The van der Waals surface area contributed by atoms with Gasteiger partial charge >= 0.3 is 0 Å². The second-order valence-corrected chi connectivity index (χ2v) is 3.69. The Morgan fingerprint density at radius 2 is 1.40 bits per heavy atom. The van der Waals surface area contributed by atoms with Gasteiger partial charge in [0.1, 0.15) is 0 Å². The fourth-order valence-corrected chi connectivity index (χ4v) is 2.22. The van der Waals surface area contributed by atoms with Crippen LogP contribution in [0, 0.1) is 0 Å². The summed E-state index contributed by atoms with van der Waals surface area (Å²) in [5.74, 6) is 0. The molecule has 0 aromatic heterocycles. The summed E-state index contributed by atoms with van der Waals surface area (Å²) in [6, 6.07) is 0. The zero-order chi connectivity index (χ0) is 6.86. The second-order valence-electron chi connectivity index (χ2n) is 3.69. The van der Waals surface area contributed by atoms with E-state index in [2.05, 4.69) is 12.2 Å². The van der Waals surface area contributed by atoms with Gasteiger partial charge in [-0.3, -0.25) is 0 Å². The van der Waals surface area contributed by atoms with Gasteiger partial charge < -0.3 is 4.48 Å². The van der Waals surface area contributed by atoms with Crippen LogP contribution in [0.1, 0.15) is 19.3 Å². The van der Waals surface area contributed by atoms with Gasteiger partial charge in [0.15, 0.2) is 0 Å². The standard InChI is InChI=1S/C9H16N/c1-2-6-10(7-3-1)8-4-5-9-10/h4-5H,1-3,6-9H2/q+1. The van der Waals surface area contributed by atoms with Crippen LogP contribution < -0.4 is 0 Å². The summed E-state index contributed by atoms with van der Waals surface area (Å²) in [4.78, 5) is 0. The lowest BCUT2D eigenvalue weighted by Gasteiger charge is -2.37. The third-order valence-electron chi connectivity index (χ3n) is 2.92. The average Bonchev–Trinajstić information content (AvgIpc) is 2.39. The largest absolute Gasteiger partial charge is 0.317 e. The van der Waals surface area contributed by atoms with Gasteiger partial charge in [0.25, 0.3) is 0 Å². The van der Waals surface area contributed by atoms with Crippen LogP contribution in [0.25, 0.3) is 0 Å². The van der Waals surface area contributed by atoms with E-state index in [9.17, 15) is 0 Å². The SMILES string of the molecule is C1=CC[N+]2(C1)CCCCC2. The molecule has 0 aromatic rings. The first kappa shape index (κ1) is 6.41. The molecule has 0 amide bonds. The van der Waals surface area contributed by atoms with Gasteiger partial charge in [0.05, 0.1) is 26.2 Å². The molecule has 1 fully saturated rings. The highest BCUT2D eigenvalue weighted by molar-refractivity contribution is 4.88. The molecular formula is C9H16N+. The van der Waals surface area contributed by atoms with Gasteiger partial charge in [-0.05, 0) is 31.4 Å². The summed E-state index contributed by atoms with van der Waals surface area (Å²) in [5.41, 5.74) is 0. The molecule has 1 heteroatoms. The number of nitrogens with zero attached hydrogens (tertiary/aromatic N) is 1. The summed E-state index contributed by atoms with van der Waals surface area (Å²) in [6.07, 6.45) is 9.10.